The molecule has 1 aliphatic rings. The van der Waals surface area contributed by atoms with Crippen LogP contribution in [0.4, 0.5) is 0 Å². The highest BCUT2D eigenvalue weighted by Gasteiger charge is 2.16. The van der Waals surface area contributed by atoms with Crippen LogP contribution in [0.1, 0.15) is 5.56 Å². The second-order valence-electron chi connectivity index (χ2n) is 5.48. The Hall–Kier alpha value is -2.51. The first kappa shape index (κ1) is 16.0. The summed E-state index contributed by atoms with van der Waals surface area (Å²) in [4.78, 5) is 15.0. The molecule has 0 saturated heterocycles. The minimum atomic E-state index is -0.203. The molecule has 0 fully saturated rings. The van der Waals surface area contributed by atoms with Crippen molar-refractivity contribution in [1.82, 2.24) is 14.9 Å². The van der Waals surface area contributed by atoms with Crippen LogP contribution in [0.2, 0.25) is 5.02 Å². The summed E-state index contributed by atoms with van der Waals surface area (Å²) in [6.45, 7) is 0.615. The number of para-hydroxylation sites is 2. The number of rotatable bonds is 2. The Morgan fingerprint density at radius 2 is 2.08 bits per heavy atom. The van der Waals surface area contributed by atoms with Gasteiger partial charge in [-0.3, -0.25) is 0 Å². The number of nitrogens with zero attached hydrogens (tertiary/aromatic N) is 3. The third kappa shape index (κ3) is 3.33. The number of amidine groups is 1. The minimum Gasteiger partial charge on any atom is -0.359 e. The summed E-state index contributed by atoms with van der Waals surface area (Å²) in [5.74, 6) is 1.17. The highest BCUT2D eigenvalue weighted by Crippen LogP contribution is 2.16. The van der Waals surface area contributed by atoms with Gasteiger partial charge in [0.2, 0.25) is 0 Å². The van der Waals surface area contributed by atoms with Crippen LogP contribution in [0.3, 0.4) is 0 Å². The first-order chi connectivity index (χ1) is 12.2. The zero-order valence-corrected chi connectivity index (χ0v) is 14.6. The van der Waals surface area contributed by atoms with Gasteiger partial charge in [0.05, 0.1) is 16.8 Å². The van der Waals surface area contributed by atoms with E-state index in [0.29, 0.717) is 23.2 Å². The number of benzene rings is 2. The van der Waals surface area contributed by atoms with Crippen LogP contribution in [-0.2, 0) is 6.54 Å². The van der Waals surface area contributed by atoms with E-state index in [1.165, 1.54) is 11.8 Å². The fourth-order valence-corrected chi connectivity index (χ4v) is 3.56. The SMILES string of the molecule is O=c1[nH]c2ccccc2n1C1=NN=C(NCc2cccc(Cl)c2)SC1. The Kier molecular flexibility index (Phi) is 4.33. The van der Waals surface area contributed by atoms with Gasteiger partial charge in [0, 0.05) is 11.6 Å². The van der Waals surface area contributed by atoms with E-state index in [1.807, 2.05) is 48.5 Å². The van der Waals surface area contributed by atoms with Crippen molar-refractivity contribution < 1.29 is 0 Å². The molecule has 2 N–H and O–H groups in total. The number of aromatic amines is 1. The lowest BCUT2D eigenvalue weighted by Gasteiger charge is -2.14. The molecule has 0 aliphatic carbocycles. The van der Waals surface area contributed by atoms with Crippen LogP contribution in [-0.4, -0.2) is 26.3 Å². The summed E-state index contributed by atoms with van der Waals surface area (Å²) in [5, 5.41) is 13.1. The van der Waals surface area contributed by atoms with Crippen molar-refractivity contribution in [3.8, 4) is 0 Å². The quantitative estimate of drug-likeness (QED) is 0.727. The van der Waals surface area contributed by atoms with Gasteiger partial charge in [0.15, 0.2) is 11.0 Å². The van der Waals surface area contributed by atoms with E-state index in [4.69, 9.17) is 11.6 Å². The van der Waals surface area contributed by atoms with Crippen molar-refractivity contribution in [3.63, 3.8) is 0 Å². The van der Waals surface area contributed by atoms with Gasteiger partial charge in [-0.05, 0) is 29.8 Å². The van der Waals surface area contributed by atoms with Crippen LogP contribution in [0, 0.1) is 0 Å². The largest absolute Gasteiger partial charge is 0.359 e. The molecular formula is C17H14ClN5OS. The summed E-state index contributed by atoms with van der Waals surface area (Å²) in [5.41, 5.74) is 2.45. The van der Waals surface area contributed by atoms with Gasteiger partial charge >= 0.3 is 5.69 Å². The maximum atomic E-state index is 12.2. The molecule has 6 nitrogen and oxygen atoms in total. The Morgan fingerprint density at radius 1 is 1.20 bits per heavy atom. The number of imidazole rings is 1. The van der Waals surface area contributed by atoms with Crippen LogP contribution < -0.4 is 11.0 Å². The van der Waals surface area contributed by atoms with E-state index in [0.717, 1.165) is 21.8 Å². The third-order valence-electron chi connectivity index (χ3n) is 3.77. The normalized spacial score (nSPS) is 14.3. The molecule has 126 valence electrons. The standard InChI is InChI=1S/C17H14ClN5OS/c18-12-5-3-4-11(8-12)9-19-16-22-21-15(10-25-16)23-14-7-2-1-6-13(14)20-17(23)24/h1-8H,9-10H2,(H,19,22)(H,20,24). The van der Waals surface area contributed by atoms with E-state index in [-0.39, 0.29) is 5.69 Å². The van der Waals surface area contributed by atoms with Gasteiger partial charge < -0.3 is 10.3 Å². The number of hydrogen-bond donors (Lipinski definition) is 2. The van der Waals surface area contributed by atoms with Crippen molar-refractivity contribution in [3.05, 3.63) is 69.6 Å². The maximum Gasteiger partial charge on any atom is 0.332 e. The van der Waals surface area contributed by atoms with Crippen molar-refractivity contribution in [2.75, 3.05) is 5.75 Å². The summed E-state index contributed by atoms with van der Waals surface area (Å²) in [7, 11) is 0. The number of thioether (sulfide) groups is 1. The predicted molar refractivity (Wildman–Crippen MR) is 104 cm³/mol. The smallest absolute Gasteiger partial charge is 0.332 e. The number of aromatic nitrogens is 2. The molecule has 25 heavy (non-hydrogen) atoms. The Morgan fingerprint density at radius 3 is 2.88 bits per heavy atom. The fraction of sp³-hybridized carbons (Fsp3) is 0.118. The molecule has 3 aromatic rings. The maximum absolute atomic E-state index is 12.2. The lowest BCUT2D eigenvalue weighted by molar-refractivity contribution is 0.916. The molecule has 1 aromatic heterocycles. The van der Waals surface area contributed by atoms with E-state index in [2.05, 4.69) is 20.5 Å². The van der Waals surface area contributed by atoms with E-state index in [9.17, 15) is 4.79 Å². The molecular weight excluding hydrogens is 358 g/mol. The predicted octanol–water partition coefficient (Wildman–Crippen LogP) is 3.04. The van der Waals surface area contributed by atoms with E-state index in [1.54, 1.807) is 4.57 Å². The number of H-pyrrole nitrogens is 1. The van der Waals surface area contributed by atoms with Gasteiger partial charge in [-0.2, -0.15) is 0 Å². The van der Waals surface area contributed by atoms with Crippen molar-refractivity contribution in [2.24, 2.45) is 10.2 Å². The average Bonchev–Trinajstić information content (AvgIpc) is 2.96. The third-order valence-corrected chi connectivity index (χ3v) is 4.91. The van der Waals surface area contributed by atoms with Crippen LogP contribution >= 0.6 is 23.4 Å². The molecule has 8 heteroatoms. The molecule has 0 bridgehead atoms. The summed E-state index contributed by atoms with van der Waals surface area (Å²) in [6, 6.07) is 15.2. The molecule has 2 aromatic carbocycles. The molecule has 0 unspecified atom stereocenters. The second kappa shape index (κ2) is 6.78. The monoisotopic (exact) mass is 371 g/mol. The number of nitrogens with one attached hydrogen (secondary N) is 2. The first-order valence-electron chi connectivity index (χ1n) is 7.66. The zero-order chi connectivity index (χ0) is 17.2. The van der Waals surface area contributed by atoms with Gasteiger partial charge in [-0.25, -0.2) is 9.36 Å². The summed E-state index contributed by atoms with van der Waals surface area (Å²) < 4.78 is 1.57. The van der Waals surface area contributed by atoms with Crippen molar-refractivity contribution in [1.29, 1.82) is 0 Å². The van der Waals surface area contributed by atoms with Crippen LogP contribution in [0.5, 0.6) is 0 Å². The highest BCUT2D eigenvalue weighted by atomic mass is 35.5. The topological polar surface area (TPSA) is 74.5 Å². The fourth-order valence-electron chi connectivity index (χ4n) is 2.63. The Balaban J connectivity index is 1.54. The van der Waals surface area contributed by atoms with Gasteiger partial charge in [-0.15, -0.1) is 10.2 Å². The van der Waals surface area contributed by atoms with Crippen molar-refractivity contribution in [2.45, 2.75) is 6.54 Å². The molecule has 4 rings (SSSR count). The number of halogens is 1. The molecule has 0 saturated carbocycles. The van der Waals surface area contributed by atoms with Crippen molar-refractivity contribution >= 4 is 45.4 Å². The van der Waals surface area contributed by atoms with Crippen LogP contribution in [0.15, 0.2) is 63.5 Å². The van der Waals surface area contributed by atoms with Crippen LogP contribution in [0.25, 0.3) is 11.0 Å². The summed E-state index contributed by atoms with van der Waals surface area (Å²) in [6.07, 6.45) is 0. The van der Waals surface area contributed by atoms with E-state index >= 15 is 0 Å². The second-order valence-corrected chi connectivity index (χ2v) is 6.88. The minimum absolute atomic E-state index is 0.203. The molecule has 0 amide bonds. The summed E-state index contributed by atoms with van der Waals surface area (Å²) >= 11 is 7.50. The number of hydrogen-bond acceptors (Lipinski definition) is 5. The van der Waals surface area contributed by atoms with E-state index < -0.39 is 0 Å². The number of fused-ring (bicyclic) bond motifs is 1. The lowest BCUT2D eigenvalue weighted by atomic mass is 10.2. The highest BCUT2D eigenvalue weighted by molar-refractivity contribution is 8.14. The molecule has 0 spiro atoms. The van der Waals surface area contributed by atoms with Gasteiger partial charge in [-0.1, -0.05) is 47.6 Å². The lowest BCUT2D eigenvalue weighted by Crippen LogP contribution is -2.30. The zero-order valence-electron chi connectivity index (χ0n) is 13.1. The molecule has 0 radical (unpaired) electrons. The first-order valence-corrected chi connectivity index (χ1v) is 9.03. The van der Waals surface area contributed by atoms with Gasteiger partial charge in [0.25, 0.3) is 0 Å². The molecule has 2 heterocycles. The molecule has 1 aliphatic heterocycles. The average molecular weight is 372 g/mol. The Labute approximate surface area is 152 Å². The Bertz CT molecular complexity index is 1050. The van der Waals surface area contributed by atoms with Gasteiger partial charge in [0.1, 0.15) is 0 Å². The molecule has 0 atom stereocenters.